The van der Waals surface area contributed by atoms with Gasteiger partial charge in [0.25, 0.3) is 0 Å². The van der Waals surface area contributed by atoms with Crippen LogP contribution in [-0.2, 0) is 11.2 Å². The lowest BCUT2D eigenvalue weighted by molar-refractivity contribution is -0.164. The molecule has 3 N–H and O–H groups in total. The Morgan fingerprint density at radius 3 is 2.47 bits per heavy atom. The molecule has 6 heteroatoms. The van der Waals surface area contributed by atoms with Crippen LogP contribution in [0.1, 0.15) is 5.56 Å². The van der Waals surface area contributed by atoms with Crippen molar-refractivity contribution < 1.29 is 28.9 Å². The lowest BCUT2D eigenvalue weighted by Gasteiger charge is -2.12. The van der Waals surface area contributed by atoms with Gasteiger partial charge >= 0.3 is 11.9 Å². The van der Waals surface area contributed by atoms with E-state index in [1.165, 1.54) is 6.07 Å². The second-order valence-electron chi connectivity index (χ2n) is 2.97. The number of hydrogen-bond donors (Lipinski definition) is 3. The summed E-state index contributed by atoms with van der Waals surface area (Å²) in [6.07, 6.45) is -1.16. The topological polar surface area (TPSA) is 77.8 Å². The summed E-state index contributed by atoms with van der Waals surface area (Å²) in [5.41, 5.74) is -0.317. The number of carboxylic acids is 1. The van der Waals surface area contributed by atoms with Crippen LogP contribution in [0.15, 0.2) is 18.2 Å². The van der Waals surface area contributed by atoms with E-state index in [0.29, 0.717) is 0 Å². The zero-order valence-electron chi connectivity index (χ0n) is 7.44. The third-order valence-corrected chi connectivity index (χ3v) is 1.82. The van der Waals surface area contributed by atoms with Crippen LogP contribution in [0.5, 0.6) is 11.5 Å². The quantitative estimate of drug-likeness (QED) is 0.669. The van der Waals surface area contributed by atoms with E-state index in [4.69, 9.17) is 15.3 Å². The zero-order chi connectivity index (χ0) is 11.6. The average molecular weight is 218 g/mol. The molecule has 0 heterocycles. The Hall–Kier alpha value is -1.85. The highest BCUT2D eigenvalue weighted by Gasteiger charge is 2.39. The summed E-state index contributed by atoms with van der Waals surface area (Å²) in [6.45, 7) is 0. The molecule has 15 heavy (non-hydrogen) atoms. The maximum Gasteiger partial charge on any atom is 0.374 e. The van der Waals surface area contributed by atoms with Crippen molar-refractivity contribution in [3.63, 3.8) is 0 Å². The molecule has 0 fully saturated rings. The lowest BCUT2D eigenvalue weighted by atomic mass is 10.1. The van der Waals surface area contributed by atoms with Gasteiger partial charge in [-0.1, -0.05) is 12.1 Å². The van der Waals surface area contributed by atoms with Crippen molar-refractivity contribution in [1.29, 1.82) is 0 Å². The molecule has 0 aliphatic heterocycles. The summed E-state index contributed by atoms with van der Waals surface area (Å²) in [5.74, 6) is -7.52. The van der Waals surface area contributed by atoms with Crippen molar-refractivity contribution in [3.8, 4) is 11.5 Å². The summed E-state index contributed by atoms with van der Waals surface area (Å²) >= 11 is 0. The first-order valence-corrected chi connectivity index (χ1v) is 3.95. The Labute approximate surface area is 83.4 Å². The summed E-state index contributed by atoms with van der Waals surface area (Å²) in [7, 11) is 0. The zero-order valence-corrected chi connectivity index (χ0v) is 7.44. The van der Waals surface area contributed by atoms with E-state index in [0.717, 1.165) is 12.1 Å². The summed E-state index contributed by atoms with van der Waals surface area (Å²) in [6, 6.07) is 3.46. The van der Waals surface area contributed by atoms with E-state index in [2.05, 4.69) is 0 Å². The number of aromatic hydroxyl groups is 2. The molecule has 0 aliphatic carbocycles. The van der Waals surface area contributed by atoms with E-state index >= 15 is 0 Å². The first-order valence-electron chi connectivity index (χ1n) is 3.95. The summed E-state index contributed by atoms with van der Waals surface area (Å²) < 4.78 is 25.5. The Morgan fingerprint density at radius 2 is 1.93 bits per heavy atom. The van der Waals surface area contributed by atoms with Gasteiger partial charge in [-0.15, -0.1) is 0 Å². The van der Waals surface area contributed by atoms with Crippen LogP contribution in [0.4, 0.5) is 8.78 Å². The van der Waals surface area contributed by atoms with Crippen molar-refractivity contribution in [1.82, 2.24) is 0 Å². The number of carboxylic acid groups (broad SMARTS) is 1. The highest BCUT2D eigenvalue weighted by atomic mass is 19.3. The van der Waals surface area contributed by atoms with Crippen molar-refractivity contribution >= 4 is 5.97 Å². The van der Waals surface area contributed by atoms with E-state index in [-0.39, 0.29) is 5.56 Å². The summed E-state index contributed by atoms with van der Waals surface area (Å²) in [4.78, 5) is 10.1. The molecule has 0 amide bonds. The highest BCUT2D eigenvalue weighted by molar-refractivity contribution is 5.76. The predicted molar refractivity (Wildman–Crippen MR) is 46.1 cm³/mol. The maximum atomic E-state index is 12.8. The number of rotatable bonds is 3. The molecule has 0 radical (unpaired) electrons. The standard InChI is InChI=1S/C9H8F2O4/c10-9(11,8(14)15)4-5-2-1-3-6(12)7(5)13/h1-3,12-13H,4H2,(H,14,15). The molecule has 1 aromatic rings. The number of phenols is 2. The van der Waals surface area contributed by atoms with Gasteiger partial charge in [-0.05, 0) is 6.07 Å². The SMILES string of the molecule is O=C(O)C(F)(F)Cc1cccc(O)c1O. The molecule has 82 valence electrons. The van der Waals surface area contributed by atoms with Crippen LogP contribution >= 0.6 is 0 Å². The smallest absolute Gasteiger partial charge is 0.374 e. The number of aliphatic carboxylic acids is 1. The number of carbonyl (C=O) groups is 1. The van der Waals surface area contributed by atoms with E-state index in [1.807, 2.05) is 0 Å². The third-order valence-electron chi connectivity index (χ3n) is 1.82. The molecule has 0 saturated carbocycles. The average Bonchev–Trinajstić information content (AvgIpc) is 2.12. The molecule has 0 aromatic heterocycles. The van der Waals surface area contributed by atoms with Crippen molar-refractivity contribution in [2.45, 2.75) is 12.3 Å². The van der Waals surface area contributed by atoms with E-state index < -0.39 is 29.8 Å². The van der Waals surface area contributed by atoms with Gasteiger partial charge in [-0.25, -0.2) is 4.79 Å². The first kappa shape index (κ1) is 11.2. The van der Waals surface area contributed by atoms with Gasteiger partial charge in [0, 0.05) is 5.56 Å². The number of para-hydroxylation sites is 1. The van der Waals surface area contributed by atoms with Gasteiger partial charge in [0.15, 0.2) is 11.5 Å². The Bertz CT molecular complexity index is 390. The monoisotopic (exact) mass is 218 g/mol. The molecule has 4 nitrogen and oxygen atoms in total. The van der Waals surface area contributed by atoms with Gasteiger partial charge in [-0.3, -0.25) is 0 Å². The van der Waals surface area contributed by atoms with Gasteiger partial charge in [0.2, 0.25) is 0 Å². The number of halogens is 2. The minimum Gasteiger partial charge on any atom is -0.504 e. The number of benzene rings is 1. The highest BCUT2D eigenvalue weighted by Crippen LogP contribution is 2.32. The minimum atomic E-state index is -3.97. The molecule has 0 saturated heterocycles. The van der Waals surface area contributed by atoms with Crippen LogP contribution in [-0.4, -0.2) is 27.2 Å². The molecular formula is C9H8F2O4. The van der Waals surface area contributed by atoms with Crippen LogP contribution in [0.3, 0.4) is 0 Å². The lowest BCUT2D eigenvalue weighted by Crippen LogP contribution is -2.30. The molecule has 1 rings (SSSR count). The number of hydrogen-bond acceptors (Lipinski definition) is 3. The molecule has 0 aliphatic rings. The van der Waals surface area contributed by atoms with Gasteiger partial charge in [0.05, 0.1) is 6.42 Å². The Kier molecular flexibility index (Phi) is 2.78. The maximum absolute atomic E-state index is 12.8. The number of alkyl halides is 2. The second kappa shape index (κ2) is 3.72. The van der Waals surface area contributed by atoms with Crippen molar-refractivity contribution in [3.05, 3.63) is 23.8 Å². The Balaban J connectivity index is 3.00. The molecule has 0 bridgehead atoms. The van der Waals surface area contributed by atoms with Crippen LogP contribution in [0.2, 0.25) is 0 Å². The molecule has 0 atom stereocenters. The van der Waals surface area contributed by atoms with Crippen LogP contribution in [0.25, 0.3) is 0 Å². The fraction of sp³-hybridized carbons (Fsp3) is 0.222. The summed E-state index contributed by atoms with van der Waals surface area (Å²) in [5, 5.41) is 26.3. The van der Waals surface area contributed by atoms with Gasteiger partial charge < -0.3 is 15.3 Å². The Morgan fingerprint density at radius 1 is 1.33 bits per heavy atom. The predicted octanol–water partition coefficient (Wildman–Crippen LogP) is 1.36. The largest absolute Gasteiger partial charge is 0.504 e. The van der Waals surface area contributed by atoms with Crippen LogP contribution < -0.4 is 0 Å². The number of phenolic OH excluding ortho intramolecular Hbond substituents is 2. The fourth-order valence-electron chi connectivity index (χ4n) is 1.04. The third kappa shape index (κ3) is 2.34. The normalized spacial score (nSPS) is 11.3. The molecule has 0 spiro atoms. The second-order valence-corrected chi connectivity index (χ2v) is 2.97. The molecule has 1 aromatic carbocycles. The minimum absolute atomic E-state index is 0.317. The van der Waals surface area contributed by atoms with E-state index in [9.17, 15) is 13.6 Å². The van der Waals surface area contributed by atoms with E-state index in [1.54, 1.807) is 0 Å². The fourth-order valence-corrected chi connectivity index (χ4v) is 1.04. The van der Waals surface area contributed by atoms with Crippen molar-refractivity contribution in [2.75, 3.05) is 0 Å². The van der Waals surface area contributed by atoms with Gasteiger partial charge in [-0.2, -0.15) is 8.78 Å². The van der Waals surface area contributed by atoms with Crippen LogP contribution in [0, 0.1) is 0 Å². The first-order chi connectivity index (χ1) is 6.84. The van der Waals surface area contributed by atoms with Gasteiger partial charge in [0.1, 0.15) is 0 Å². The molecular weight excluding hydrogens is 210 g/mol. The molecule has 0 unspecified atom stereocenters. The van der Waals surface area contributed by atoms with Crippen molar-refractivity contribution in [2.24, 2.45) is 0 Å².